The molecule has 1 heterocycles. The third-order valence-electron chi connectivity index (χ3n) is 3.40. The van der Waals surface area contributed by atoms with Crippen LogP contribution in [0, 0.1) is 0 Å². The van der Waals surface area contributed by atoms with Crippen molar-refractivity contribution in [3.8, 4) is 0 Å². The number of anilines is 1. The molecule has 1 atom stereocenters. The molecular formula is C15H24N2. The van der Waals surface area contributed by atoms with Crippen molar-refractivity contribution in [2.45, 2.75) is 39.2 Å². The monoisotopic (exact) mass is 232 g/mol. The number of hydrogen-bond acceptors (Lipinski definition) is 2. The average molecular weight is 232 g/mol. The lowest BCUT2D eigenvalue weighted by atomic mass is 10.1. The van der Waals surface area contributed by atoms with Gasteiger partial charge in [-0.05, 0) is 44.0 Å². The van der Waals surface area contributed by atoms with Crippen LogP contribution < -0.4 is 5.32 Å². The molecular weight excluding hydrogens is 208 g/mol. The van der Waals surface area contributed by atoms with E-state index in [1.165, 1.54) is 50.1 Å². The van der Waals surface area contributed by atoms with Crippen molar-refractivity contribution in [3.05, 3.63) is 29.8 Å². The number of nitrogens with zero attached hydrogens (tertiary/aromatic N) is 1. The fourth-order valence-electron chi connectivity index (χ4n) is 2.72. The molecule has 0 spiro atoms. The van der Waals surface area contributed by atoms with E-state index in [1.54, 1.807) is 0 Å². The van der Waals surface area contributed by atoms with Gasteiger partial charge in [0.1, 0.15) is 0 Å². The average Bonchev–Trinajstić information content (AvgIpc) is 2.71. The van der Waals surface area contributed by atoms with E-state index in [0.717, 1.165) is 0 Å². The minimum atomic E-state index is 0.602. The quantitative estimate of drug-likeness (QED) is 0.810. The van der Waals surface area contributed by atoms with Crippen LogP contribution in [0.4, 0.5) is 5.69 Å². The highest BCUT2D eigenvalue weighted by Gasteiger charge is 2.21. The van der Waals surface area contributed by atoms with E-state index in [2.05, 4.69) is 48.3 Å². The second-order valence-electron chi connectivity index (χ2n) is 5.00. The lowest BCUT2D eigenvalue weighted by molar-refractivity contribution is 0.264. The molecule has 2 rings (SSSR count). The normalized spacial score (nSPS) is 18.2. The predicted octanol–water partition coefficient (Wildman–Crippen LogP) is 3.15. The van der Waals surface area contributed by atoms with E-state index in [-0.39, 0.29) is 0 Å². The van der Waals surface area contributed by atoms with Crippen LogP contribution in [0.1, 0.15) is 32.3 Å². The van der Waals surface area contributed by atoms with Crippen LogP contribution in [0.3, 0.4) is 0 Å². The third-order valence-corrected chi connectivity index (χ3v) is 3.40. The van der Waals surface area contributed by atoms with E-state index >= 15 is 0 Å². The molecule has 1 aromatic rings. The summed E-state index contributed by atoms with van der Waals surface area (Å²) >= 11 is 0. The van der Waals surface area contributed by atoms with Crippen LogP contribution >= 0.6 is 0 Å². The molecule has 2 heteroatoms. The smallest absolute Gasteiger partial charge is 0.0429 e. The highest BCUT2D eigenvalue weighted by molar-refractivity contribution is 5.56. The van der Waals surface area contributed by atoms with Crippen molar-refractivity contribution in [3.63, 3.8) is 0 Å². The Morgan fingerprint density at radius 3 is 2.53 bits per heavy atom. The van der Waals surface area contributed by atoms with Gasteiger partial charge in [-0.25, -0.2) is 0 Å². The van der Waals surface area contributed by atoms with Crippen molar-refractivity contribution in [2.75, 3.05) is 25.0 Å². The Labute approximate surface area is 105 Å². The largest absolute Gasteiger partial charge is 0.380 e. The second-order valence-corrected chi connectivity index (χ2v) is 5.00. The molecule has 0 aliphatic carbocycles. The summed E-state index contributed by atoms with van der Waals surface area (Å²) in [6, 6.07) is 9.29. The van der Waals surface area contributed by atoms with Gasteiger partial charge in [-0.2, -0.15) is 0 Å². The maximum Gasteiger partial charge on any atom is 0.0429 e. The molecule has 1 aromatic carbocycles. The first kappa shape index (κ1) is 12.4. The standard InChI is InChI=1S/C15H24N2/c1-3-9-17(10-4-2)12-14-11-13-7-5-6-8-15(13)16-14/h5-8,14,16H,3-4,9-12H2,1-2H3/t14-/m0/s1. The Morgan fingerprint density at radius 2 is 1.88 bits per heavy atom. The first-order chi connectivity index (χ1) is 8.33. The van der Waals surface area contributed by atoms with Gasteiger partial charge in [0.2, 0.25) is 0 Å². The fraction of sp³-hybridized carbons (Fsp3) is 0.600. The van der Waals surface area contributed by atoms with Crippen LogP contribution in [0.2, 0.25) is 0 Å². The Hall–Kier alpha value is -1.02. The van der Waals surface area contributed by atoms with Gasteiger partial charge >= 0.3 is 0 Å². The molecule has 2 nitrogen and oxygen atoms in total. The number of nitrogens with one attached hydrogen (secondary N) is 1. The maximum atomic E-state index is 3.64. The van der Waals surface area contributed by atoms with Crippen molar-refractivity contribution in [1.82, 2.24) is 4.90 Å². The lowest BCUT2D eigenvalue weighted by Gasteiger charge is -2.24. The van der Waals surface area contributed by atoms with E-state index < -0.39 is 0 Å². The van der Waals surface area contributed by atoms with Crippen molar-refractivity contribution in [2.24, 2.45) is 0 Å². The molecule has 0 amide bonds. The van der Waals surface area contributed by atoms with Gasteiger partial charge in [0, 0.05) is 18.3 Å². The Balaban J connectivity index is 1.89. The Bertz CT molecular complexity index is 318. The fourth-order valence-corrected chi connectivity index (χ4v) is 2.72. The number of rotatable bonds is 6. The zero-order valence-corrected chi connectivity index (χ0v) is 11.1. The minimum Gasteiger partial charge on any atom is -0.380 e. The topological polar surface area (TPSA) is 15.3 Å². The van der Waals surface area contributed by atoms with Gasteiger partial charge in [-0.1, -0.05) is 32.0 Å². The van der Waals surface area contributed by atoms with E-state index in [4.69, 9.17) is 0 Å². The molecule has 0 aromatic heterocycles. The molecule has 0 fully saturated rings. The maximum absolute atomic E-state index is 3.64. The summed E-state index contributed by atoms with van der Waals surface area (Å²) in [5.74, 6) is 0. The number of benzene rings is 1. The zero-order chi connectivity index (χ0) is 12.1. The van der Waals surface area contributed by atoms with Gasteiger partial charge in [0.05, 0.1) is 0 Å². The summed E-state index contributed by atoms with van der Waals surface area (Å²) in [6.45, 7) is 8.15. The summed E-state index contributed by atoms with van der Waals surface area (Å²) in [4.78, 5) is 2.59. The lowest BCUT2D eigenvalue weighted by Crippen LogP contribution is -2.36. The molecule has 1 aliphatic heterocycles. The first-order valence-corrected chi connectivity index (χ1v) is 6.90. The second kappa shape index (κ2) is 6.06. The van der Waals surface area contributed by atoms with Gasteiger partial charge in [0.25, 0.3) is 0 Å². The molecule has 1 aliphatic rings. The Morgan fingerprint density at radius 1 is 1.18 bits per heavy atom. The predicted molar refractivity (Wildman–Crippen MR) is 74.6 cm³/mol. The molecule has 0 unspecified atom stereocenters. The van der Waals surface area contributed by atoms with Gasteiger partial charge < -0.3 is 10.2 Å². The molecule has 94 valence electrons. The summed E-state index contributed by atoms with van der Waals surface area (Å²) in [5, 5.41) is 3.64. The molecule has 0 saturated heterocycles. The van der Waals surface area contributed by atoms with Crippen LogP contribution in [0.5, 0.6) is 0 Å². The molecule has 0 bridgehead atoms. The highest BCUT2D eigenvalue weighted by atomic mass is 15.1. The van der Waals surface area contributed by atoms with Crippen molar-refractivity contribution >= 4 is 5.69 Å². The summed E-state index contributed by atoms with van der Waals surface area (Å²) in [7, 11) is 0. The van der Waals surface area contributed by atoms with Gasteiger partial charge in [0.15, 0.2) is 0 Å². The summed E-state index contributed by atoms with van der Waals surface area (Å²) < 4.78 is 0. The van der Waals surface area contributed by atoms with Crippen LogP contribution in [-0.2, 0) is 6.42 Å². The molecule has 1 N–H and O–H groups in total. The van der Waals surface area contributed by atoms with Crippen molar-refractivity contribution in [1.29, 1.82) is 0 Å². The number of fused-ring (bicyclic) bond motifs is 1. The zero-order valence-electron chi connectivity index (χ0n) is 11.1. The van der Waals surface area contributed by atoms with Gasteiger partial charge in [-0.3, -0.25) is 0 Å². The highest BCUT2D eigenvalue weighted by Crippen LogP contribution is 2.25. The van der Waals surface area contributed by atoms with E-state index in [9.17, 15) is 0 Å². The van der Waals surface area contributed by atoms with Crippen LogP contribution in [0.15, 0.2) is 24.3 Å². The van der Waals surface area contributed by atoms with Crippen molar-refractivity contribution < 1.29 is 0 Å². The number of hydrogen-bond donors (Lipinski definition) is 1. The summed E-state index contributed by atoms with van der Waals surface area (Å²) in [6.07, 6.45) is 3.68. The first-order valence-electron chi connectivity index (χ1n) is 6.90. The number of para-hydroxylation sites is 1. The minimum absolute atomic E-state index is 0.602. The van der Waals surface area contributed by atoms with E-state index in [0.29, 0.717) is 6.04 Å². The SMILES string of the molecule is CCCN(CCC)C[C@@H]1Cc2ccccc2N1. The van der Waals surface area contributed by atoms with E-state index in [1.807, 2.05) is 0 Å². The van der Waals surface area contributed by atoms with Crippen LogP contribution in [0.25, 0.3) is 0 Å². The Kier molecular flexibility index (Phi) is 4.43. The van der Waals surface area contributed by atoms with Gasteiger partial charge in [-0.15, -0.1) is 0 Å². The third kappa shape index (κ3) is 3.22. The molecule has 0 radical (unpaired) electrons. The molecule has 17 heavy (non-hydrogen) atoms. The van der Waals surface area contributed by atoms with Crippen LogP contribution in [-0.4, -0.2) is 30.6 Å². The summed E-state index contributed by atoms with van der Waals surface area (Å²) in [5.41, 5.74) is 2.82. The molecule has 0 saturated carbocycles.